The van der Waals surface area contributed by atoms with Crippen LogP contribution in [0.3, 0.4) is 0 Å². The van der Waals surface area contributed by atoms with Crippen LogP contribution in [0.4, 0.5) is 5.69 Å². The molecule has 0 saturated heterocycles. The minimum atomic E-state index is 0.868. The smallest absolute Gasteiger partial charge is 0.0989 e. The molecule has 0 spiro atoms. The highest BCUT2D eigenvalue weighted by molar-refractivity contribution is 7.09. The Balaban J connectivity index is 0.000000120. The molecule has 0 atom stereocenters. The molecule has 82 valence electrons. The van der Waals surface area contributed by atoms with Crippen LogP contribution >= 0.6 is 11.3 Å². The summed E-state index contributed by atoms with van der Waals surface area (Å²) in [5, 5.41) is 4.06. The molecule has 0 aliphatic carbocycles. The van der Waals surface area contributed by atoms with E-state index >= 15 is 0 Å². The highest BCUT2D eigenvalue weighted by Crippen LogP contribution is 2.12. The van der Waals surface area contributed by atoms with E-state index in [0.29, 0.717) is 0 Å². The second-order valence-corrected chi connectivity index (χ2v) is 4.17. The minimum Gasteiger partial charge on any atom is -0.399 e. The standard InChI is InChI=1S/C7H9N.C5H4N2S/c1-6-4-2-3-5-7(6)8;1-4-5(2-8-1)7-3-6-4/h2-5H,8H2,1H3;1-3H,(H,6,7). The molecule has 0 aliphatic heterocycles. The first-order chi connectivity index (χ1) is 7.77. The van der Waals surface area contributed by atoms with E-state index in [1.807, 2.05) is 41.9 Å². The molecule has 3 aromatic rings. The van der Waals surface area contributed by atoms with Gasteiger partial charge in [-0.2, -0.15) is 0 Å². The molecule has 0 amide bonds. The molecule has 2 aromatic heterocycles. The van der Waals surface area contributed by atoms with Crippen molar-refractivity contribution in [3.63, 3.8) is 0 Å². The number of anilines is 1. The maximum absolute atomic E-state index is 5.52. The van der Waals surface area contributed by atoms with Gasteiger partial charge in [-0.25, -0.2) is 4.98 Å². The van der Waals surface area contributed by atoms with Gasteiger partial charge in [0.2, 0.25) is 0 Å². The van der Waals surface area contributed by atoms with Gasteiger partial charge >= 0.3 is 0 Å². The zero-order valence-electron chi connectivity index (χ0n) is 8.97. The number of hydrogen-bond acceptors (Lipinski definition) is 3. The number of nitrogens with one attached hydrogen (secondary N) is 1. The van der Waals surface area contributed by atoms with Crippen molar-refractivity contribution in [2.24, 2.45) is 0 Å². The van der Waals surface area contributed by atoms with E-state index in [1.54, 1.807) is 17.7 Å². The quantitative estimate of drug-likeness (QED) is 0.584. The summed E-state index contributed by atoms with van der Waals surface area (Å²) in [6, 6.07) is 7.80. The van der Waals surface area contributed by atoms with Crippen LogP contribution in [0.5, 0.6) is 0 Å². The van der Waals surface area contributed by atoms with Gasteiger partial charge in [-0.15, -0.1) is 11.3 Å². The van der Waals surface area contributed by atoms with Crippen molar-refractivity contribution in [2.45, 2.75) is 6.92 Å². The first kappa shape index (κ1) is 10.7. The van der Waals surface area contributed by atoms with E-state index in [4.69, 9.17) is 5.73 Å². The molecule has 3 nitrogen and oxygen atoms in total. The van der Waals surface area contributed by atoms with Crippen LogP contribution in [-0.4, -0.2) is 9.97 Å². The van der Waals surface area contributed by atoms with E-state index in [2.05, 4.69) is 9.97 Å². The van der Waals surface area contributed by atoms with E-state index in [-0.39, 0.29) is 0 Å². The molecular weight excluding hydrogens is 218 g/mol. The second kappa shape index (κ2) is 4.81. The van der Waals surface area contributed by atoms with Gasteiger partial charge in [-0.1, -0.05) is 18.2 Å². The SMILES string of the molecule is Cc1ccccc1N.c1nc2cscc2[nH]1. The molecule has 1 aromatic carbocycles. The van der Waals surface area contributed by atoms with Crippen molar-refractivity contribution in [3.8, 4) is 0 Å². The summed E-state index contributed by atoms with van der Waals surface area (Å²) in [5.74, 6) is 0. The zero-order valence-corrected chi connectivity index (χ0v) is 9.79. The Labute approximate surface area is 97.9 Å². The van der Waals surface area contributed by atoms with Crippen molar-refractivity contribution < 1.29 is 0 Å². The predicted molar refractivity (Wildman–Crippen MR) is 69.6 cm³/mol. The van der Waals surface area contributed by atoms with Crippen LogP contribution in [0.2, 0.25) is 0 Å². The van der Waals surface area contributed by atoms with Gasteiger partial charge in [0.1, 0.15) is 0 Å². The second-order valence-electron chi connectivity index (χ2n) is 3.43. The maximum atomic E-state index is 5.52. The van der Waals surface area contributed by atoms with Crippen LogP contribution < -0.4 is 5.73 Å². The first-order valence-corrected chi connectivity index (χ1v) is 5.88. The number of nitrogens with zero attached hydrogens (tertiary/aromatic N) is 1. The van der Waals surface area contributed by atoms with Crippen LogP contribution in [0.15, 0.2) is 41.4 Å². The average molecular weight is 231 g/mol. The first-order valence-electron chi connectivity index (χ1n) is 4.94. The Morgan fingerprint density at radius 1 is 1.25 bits per heavy atom. The minimum absolute atomic E-state index is 0.868. The summed E-state index contributed by atoms with van der Waals surface area (Å²) < 4.78 is 0. The summed E-state index contributed by atoms with van der Waals surface area (Å²) in [6.45, 7) is 2.00. The van der Waals surface area contributed by atoms with E-state index < -0.39 is 0 Å². The molecule has 0 aliphatic rings. The number of H-pyrrole nitrogens is 1. The lowest BCUT2D eigenvalue weighted by atomic mass is 10.2. The van der Waals surface area contributed by atoms with Crippen LogP contribution in [0.25, 0.3) is 11.0 Å². The van der Waals surface area contributed by atoms with E-state index in [0.717, 1.165) is 22.3 Å². The number of thiophene rings is 1. The number of rotatable bonds is 0. The number of aromatic nitrogens is 2. The fourth-order valence-electron chi connectivity index (χ4n) is 1.26. The summed E-state index contributed by atoms with van der Waals surface area (Å²) in [5.41, 5.74) is 9.73. The summed E-state index contributed by atoms with van der Waals surface area (Å²) >= 11 is 1.67. The summed E-state index contributed by atoms with van der Waals surface area (Å²) in [7, 11) is 0. The number of para-hydroxylation sites is 1. The normalized spacial score (nSPS) is 9.81. The molecule has 16 heavy (non-hydrogen) atoms. The Kier molecular flexibility index (Phi) is 3.22. The number of aromatic amines is 1. The molecule has 0 fully saturated rings. The van der Waals surface area contributed by atoms with Gasteiger partial charge < -0.3 is 10.7 Å². The monoisotopic (exact) mass is 231 g/mol. The molecule has 0 bridgehead atoms. The van der Waals surface area contributed by atoms with Crippen LogP contribution in [-0.2, 0) is 0 Å². The fraction of sp³-hybridized carbons (Fsp3) is 0.0833. The zero-order chi connectivity index (χ0) is 11.4. The third kappa shape index (κ3) is 2.41. The predicted octanol–water partition coefficient (Wildman–Crippen LogP) is 3.20. The van der Waals surface area contributed by atoms with Gasteiger partial charge in [0.05, 0.1) is 17.4 Å². The van der Waals surface area contributed by atoms with E-state index in [9.17, 15) is 0 Å². The van der Waals surface area contributed by atoms with Gasteiger partial charge in [0.15, 0.2) is 0 Å². The molecule has 0 unspecified atom stereocenters. The Hall–Kier alpha value is -1.81. The van der Waals surface area contributed by atoms with Crippen molar-refractivity contribution in [1.82, 2.24) is 9.97 Å². The van der Waals surface area contributed by atoms with Crippen molar-refractivity contribution in [3.05, 3.63) is 46.9 Å². The molecule has 0 radical (unpaired) electrons. The largest absolute Gasteiger partial charge is 0.399 e. The number of fused-ring (bicyclic) bond motifs is 1. The van der Waals surface area contributed by atoms with Gasteiger partial charge in [-0.05, 0) is 18.6 Å². The Morgan fingerprint density at radius 2 is 2.06 bits per heavy atom. The molecule has 3 N–H and O–H groups in total. The van der Waals surface area contributed by atoms with Crippen molar-refractivity contribution in [1.29, 1.82) is 0 Å². The van der Waals surface area contributed by atoms with Crippen molar-refractivity contribution >= 4 is 28.1 Å². The van der Waals surface area contributed by atoms with Gasteiger partial charge in [0, 0.05) is 16.4 Å². The lowest BCUT2D eigenvalue weighted by molar-refractivity contribution is 1.34. The molecule has 0 saturated carbocycles. The summed E-state index contributed by atoms with van der Waals surface area (Å²) in [6.07, 6.45) is 1.71. The summed E-state index contributed by atoms with van der Waals surface area (Å²) in [4.78, 5) is 7.03. The third-order valence-corrected chi connectivity index (χ3v) is 2.98. The van der Waals surface area contributed by atoms with E-state index in [1.165, 1.54) is 0 Å². The molecule has 3 rings (SSSR count). The highest BCUT2D eigenvalue weighted by atomic mass is 32.1. The number of benzene rings is 1. The van der Waals surface area contributed by atoms with Gasteiger partial charge in [0.25, 0.3) is 0 Å². The number of nitrogen functional groups attached to an aromatic ring is 1. The van der Waals surface area contributed by atoms with Crippen LogP contribution in [0, 0.1) is 6.92 Å². The number of aryl methyl sites for hydroxylation is 1. The van der Waals surface area contributed by atoms with Crippen molar-refractivity contribution in [2.75, 3.05) is 5.73 Å². The molecular formula is C12H13N3S. The lowest BCUT2D eigenvalue weighted by Gasteiger charge is -1.93. The number of imidazole rings is 1. The Bertz CT molecular complexity index is 496. The number of nitrogens with two attached hydrogens (primary N) is 1. The lowest BCUT2D eigenvalue weighted by Crippen LogP contribution is -1.85. The average Bonchev–Trinajstić information content (AvgIpc) is 2.85. The highest BCUT2D eigenvalue weighted by Gasteiger charge is 1.91. The van der Waals surface area contributed by atoms with Gasteiger partial charge in [-0.3, -0.25) is 0 Å². The van der Waals surface area contributed by atoms with Crippen LogP contribution in [0.1, 0.15) is 5.56 Å². The number of hydrogen-bond donors (Lipinski definition) is 2. The fourth-order valence-corrected chi connectivity index (χ4v) is 1.97. The topological polar surface area (TPSA) is 54.7 Å². The maximum Gasteiger partial charge on any atom is 0.0989 e. The molecule has 4 heteroatoms. The Morgan fingerprint density at radius 3 is 2.69 bits per heavy atom. The third-order valence-electron chi connectivity index (χ3n) is 2.25. The molecule has 2 heterocycles.